The van der Waals surface area contributed by atoms with Crippen molar-refractivity contribution in [2.45, 2.75) is 42.1 Å². The Morgan fingerprint density at radius 2 is 1.59 bits per heavy atom. The minimum atomic E-state index is -3.75. The zero-order valence-electron chi connectivity index (χ0n) is 16.3. The zero-order valence-corrected chi connectivity index (χ0v) is 18.0. The summed E-state index contributed by atoms with van der Waals surface area (Å²) in [6.45, 7) is 2.38. The number of carbonyl (C=O) groups excluding carboxylic acids is 1. The summed E-state index contributed by atoms with van der Waals surface area (Å²) >= 11 is 0. The standard InChI is InChI=1S/C20H24N2O5S2/c1-15-5-9-18(10-6-15)29(26,27)22-13-3-4-19(22)20(23)21-14-16-7-11-17(12-8-16)28(2,24)25/h5-12,19H,3-4,13-14H2,1-2H3,(H,21,23)/t19-/m0/s1. The van der Waals surface area contributed by atoms with Gasteiger partial charge in [-0.3, -0.25) is 4.79 Å². The molecule has 9 heteroatoms. The number of hydrogen-bond acceptors (Lipinski definition) is 5. The highest BCUT2D eigenvalue weighted by Gasteiger charge is 2.39. The number of amides is 1. The molecule has 2 aromatic carbocycles. The molecule has 0 unspecified atom stereocenters. The number of nitrogens with one attached hydrogen (secondary N) is 1. The molecule has 156 valence electrons. The molecule has 1 heterocycles. The smallest absolute Gasteiger partial charge is 0.243 e. The van der Waals surface area contributed by atoms with E-state index < -0.39 is 25.9 Å². The monoisotopic (exact) mass is 436 g/mol. The zero-order chi connectivity index (χ0) is 21.2. The van der Waals surface area contributed by atoms with Crippen LogP contribution in [0.25, 0.3) is 0 Å². The van der Waals surface area contributed by atoms with Gasteiger partial charge in [0.05, 0.1) is 9.79 Å². The third-order valence-electron chi connectivity index (χ3n) is 4.95. The summed E-state index contributed by atoms with van der Waals surface area (Å²) in [6, 6.07) is 12.1. The van der Waals surface area contributed by atoms with Gasteiger partial charge in [-0.25, -0.2) is 16.8 Å². The molecule has 0 aromatic heterocycles. The Hall–Kier alpha value is -2.23. The second-order valence-corrected chi connectivity index (χ2v) is 11.1. The van der Waals surface area contributed by atoms with Crippen molar-refractivity contribution in [2.75, 3.05) is 12.8 Å². The second-order valence-electron chi connectivity index (χ2n) is 7.22. The van der Waals surface area contributed by atoms with Gasteiger partial charge in [0.1, 0.15) is 6.04 Å². The number of nitrogens with zero attached hydrogens (tertiary/aromatic N) is 1. The molecule has 1 N–H and O–H groups in total. The number of rotatable bonds is 6. The molecule has 1 saturated heterocycles. The van der Waals surface area contributed by atoms with Crippen LogP contribution in [-0.2, 0) is 31.2 Å². The summed E-state index contributed by atoms with van der Waals surface area (Å²) in [7, 11) is -7.03. The van der Waals surface area contributed by atoms with Crippen molar-refractivity contribution in [1.82, 2.24) is 9.62 Å². The molecule has 3 rings (SSSR count). The fourth-order valence-electron chi connectivity index (χ4n) is 3.30. The molecule has 1 aliphatic heterocycles. The molecule has 0 aliphatic carbocycles. The molecule has 1 aliphatic rings. The van der Waals surface area contributed by atoms with Crippen molar-refractivity contribution in [1.29, 1.82) is 0 Å². The van der Waals surface area contributed by atoms with Crippen LogP contribution in [0, 0.1) is 6.92 Å². The van der Waals surface area contributed by atoms with Gasteiger partial charge in [0.25, 0.3) is 0 Å². The Kier molecular flexibility index (Phi) is 6.11. The minimum absolute atomic E-state index is 0.180. The first kappa shape index (κ1) is 21.5. The lowest BCUT2D eigenvalue weighted by atomic mass is 10.2. The van der Waals surface area contributed by atoms with Gasteiger partial charge in [0.15, 0.2) is 9.84 Å². The maximum atomic E-state index is 13.0. The van der Waals surface area contributed by atoms with Crippen LogP contribution in [0.3, 0.4) is 0 Å². The third kappa shape index (κ3) is 4.85. The molecule has 0 spiro atoms. The van der Waals surface area contributed by atoms with Gasteiger partial charge in [0, 0.05) is 19.3 Å². The van der Waals surface area contributed by atoms with E-state index in [1.165, 1.54) is 16.4 Å². The quantitative estimate of drug-likeness (QED) is 0.745. The molecule has 0 saturated carbocycles. The number of carbonyl (C=O) groups is 1. The second kappa shape index (κ2) is 8.25. The lowest BCUT2D eigenvalue weighted by molar-refractivity contribution is -0.124. The summed E-state index contributed by atoms with van der Waals surface area (Å²) in [5, 5.41) is 2.77. The fourth-order valence-corrected chi connectivity index (χ4v) is 5.58. The van der Waals surface area contributed by atoms with Gasteiger partial charge in [-0.1, -0.05) is 29.8 Å². The van der Waals surface area contributed by atoms with Crippen LogP contribution in [0.15, 0.2) is 58.3 Å². The molecular formula is C20H24N2O5S2. The van der Waals surface area contributed by atoms with E-state index in [4.69, 9.17) is 0 Å². The van der Waals surface area contributed by atoms with Crippen molar-refractivity contribution >= 4 is 25.8 Å². The van der Waals surface area contributed by atoms with Crippen LogP contribution >= 0.6 is 0 Å². The van der Waals surface area contributed by atoms with E-state index in [-0.39, 0.29) is 22.2 Å². The number of hydrogen-bond donors (Lipinski definition) is 1. The van der Waals surface area contributed by atoms with Gasteiger partial charge in [0.2, 0.25) is 15.9 Å². The largest absolute Gasteiger partial charge is 0.351 e. The number of sulfone groups is 1. The molecule has 0 bridgehead atoms. The first-order chi connectivity index (χ1) is 13.6. The SMILES string of the molecule is Cc1ccc(S(=O)(=O)N2CCC[C@H]2C(=O)NCc2ccc(S(C)(=O)=O)cc2)cc1. The van der Waals surface area contributed by atoms with Crippen LogP contribution < -0.4 is 5.32 Å². The molecule has 1 atom stereocenters. The maximum absolute atomic E-state index is 13.0. The summed E-state index contributed by atoms with van der Waals surface area (Å²) < 4.78 is 50.2. The third-order valence-corrected chi connectivity index (χ3v) is 8.00. The van der Waals surface area contributed by atoms with E-state index in [9.17, 15) is 21.6 Å². The Morgan fingerprint density at radius 1 is 1.00 bits per heavy atom. The van der Waals surface area contributed by atoms with E-state index in [1.54, 1.807) is 36.4 Å². The first-order valence-corrected chi connectivity index (χ1v) is 12.6. The van der Waals surface area contributed by atoms with Crippen molar-refractivity contribution in [3.05, 3.63) is 59.7 Å². The Bertz CT molecular complexity index is 1090. The van der Waals surface area contributed by atoms with Gasteiger partial charge in [-0.05, 0) is 49.6 Å². The highest BCUT2D eigenvalue weighted by molar-refractivity contribution is 7.90. The highest BCUT2D eigenvalue weighted by atomic mass is 32.2. The van der Waals surface area contributed by atoms with Crippen LogP contribution in [-0.4, -0.2) is 45.9 Å². The summed E-state index contributed by atoms with van der Waals surface area (Å²) in [6.07, 6.45) is 2.21. The number of sulfonamides is 1. The lowest BCUT2D eigenvalue weighted by Crippen LogP contribution is -2.45. The average Bonchev–Trinajstić information content (AvgIpc) is 3.17. The summed E-state index contributed by atoms with van der Waals surface area (Å²) in [5.74, 6) is -0.356. The van der Waals surface area contributed by atoms with Crippen molar-refractivity contribution in [3.63, 3.8) is 0 Å². The van der Waals surface area contributed by atoms with Crippen LogP contribution in [0.2, 0.25) is 0 Å². The van der Waals surface area contributed by atoms with Crippen molar-refractivity contribution < 1.29 is 21.6 Å². The van der Waals surface area contributed by atoms with Crippen LogP contribution in [0.4, 0.5) is 0 Å². The Morgan fingerprint density at radius 3 is 2.17 bits per heavy atom. The normalized spacial score (nSPS) is 17.9. The number of aryl methyl sites for hydroxylation is 1. The molecule has 1 amide bonds. The predicted octanol–water partition coefficient (Wildman–Crippen LogP) is 1.87. The Labute approximate surface area is 171 Å². The molecule has 2 aromatic rings. The number of benzene rings is 2. The maximum Gasteiger partial charge on any atom is 0.243 e. The van der Waals surface area contributed by atoms with Crippen molar-refractivity contribution in [3.8, 4) is 0 Å². The first-order valence-electron chi connectivity index (χ1n) is 9.24. The van der Waals surface area contributed by atoms with E-state index in [1.807, 2.05) is 6.92 Å². The molecule has 1 fully saturated rings. The summed E-state index contributed by atoms with van der Waals surface area (Å²) in [4.78, 5) is 13.1. The lowest BCUT2D eigenvalue weighted by Gasteiger charge is -2.23. The van der Waals surface area contributed by atoms with Gasteiger partial charge in [-0.15, -0.1) is 0 Å². The molecular weight excluding hydrogens is 412 g/mol. The van der Waals surface area contributed by atoms with Gasteiger partial charge >= 0.3 is 0 Å². The van der Waals surface area contributed by atoms with E-state index >= 15 is 0 Å². The topological polar surface area (TPSA) is 101 Å². The van der Waals surface area contributed by atoms with Gasteiger partial charge < -0.3 is 5.32 Å². The van der Waals surface area contributed by atoms with Crippen LogP contribution in [0.5, 0.6) is 0 Å². The van der Waals surface area contributed by atoms with E-state index in [0.29, 0.717) is 19.4 Å². The van der Waals surface area contributed by atoms with E-state index in [0.717, 1.165) is 17.4 Å². The van der Waals surface area contributed by atoms with Gasteiger partial charge in [-0.2, -0.15) is 4.31 Å². The highest BCUT2D eigenvalue weighted by Crippen LogP contribution is 2.26. The minimum Gasteiger partial charge on any atom is -0.351 e. The van der Waals surface area contributed by atoms with Crippen LogP contribution in [0.1, 0.15) is 24.0 Å². The summed E-state index contributed by atoms with van der Waals surface area (Å²) in [5.41, 5.74) is 1.69. The molecule has 29 heavy (non-hydrogen) atoms. The van der Waals surface area contributed by atoms with Crippen molar-refractivity contribution in [2.24, 2.45) is 0 Å². The predicted molar refractivity (Wildman–Crippen MR) is 109 cm³/mol. The molecule has 0 radical (unpaired) electrons. The van der Waals surface area contributed by atoms with E-state index in [2.05, 4.69) is 5.32 Å². The average molecular weight is 437 g/mol. The Balaban J connectivity index is 1.69. The molecule has 7 nitrogen and oxygen atoms in total. The fraction of sp³-hybridized carbons (Fsp3) is 0.350.